The van der Waals surface area contributed by atoms with Crippen molar-refractivity contribution in [3.8, 4) is 5.75 Å². The smallest absolute Gasteiger partial charge is 0.259 e. The molecule has 0 unspecified atom stereocenters. The van der Waals surface area contributed by atoms with E-state index in [4.69, 9.17) is 0 Å². The van der Waals surface area contributed by atoms with Gasteiger partial charge in [0.1, 0.15) is 11.6 Å². The van der Waals surface area contributed by atoms with Gasteiger partial charge in [0.2, 0.25) is 0 Å². The van der Waals surface area contributed by atoms with E-state index in [1.165, 1.54) is 24.3 Å². The van der Waals surface area contributed by atoms with Crippen molar-refractivity contribution in [3.63, 3.8) is 0 Å². The number of rotatable bonds is 2. The van der Waals surface area contributed by atoms with Crippen LogP contribution in [0.25, 0.3) is 0 Å². The number of carbonyl (C=O) groups is 1. The van der Waals surface area contributed by atoms with Gasteiger partial charge in [0.25, 0.3) is 5.91 Å². The van der Waals surface area contributed by atoms with Crippen LogP contribution in [0, 0.1) is 5.82 Å². The van der Waals surface area contributed by atoms with E-state index in [0.717, 1.165) is 0 Å². The van der Waals surface area contributed by atoms with Crippen molar-refractivity contribution in [2.24, 2.45) is 0 Å². The summed E-state index contributed by atoms with van der Waals surface area (Å²) >= 11 is 3.11. The quantitative estimate of drug-likeness (QED) is 0.891. The minimum absolute atomic E-state index is 0.0712. The van der Waals surface area contributed by atoms with Crippen molar-refractivity contribution in [3.05, 3.63) is 58.3 Å². The fourth-order valence-corrected chi connectivity index (χ4v) is 1.82. The normalized spacial score (nSPS) is 10.1. The van der Waals surface area contributed by atoms with Crippen LogP contribution < -0.4 is 5.32 Å². The van der Waals surface area contributed by atoms with E-state index in [9.17, 15) is 14.3 Å². The number of carbonyl (C=O) groups excluding carboxylic acids is 1. The van der Waals surface area contributed by atoms with Crippen LogP contribution in [0.4, 0.5) is 10.1 Å². The molecule has 0 aliphatic heterocycles. The van der Waals surface area contributed by atoms with Gasteiger partial charge in [-0.3, -0.25) is 4.79 Å². The molecular formula is C13H9BrFNO2. The van der Waals surface area contributed by atoms with Gasteiger partial charge in [0.15, 0.2) is 0 Å². The van der Waals surface area contributed by atoms with E-state index in [0.29, 0.717) is 4.47 Å². The average Bonchev–Trinajstić information content (AvgIpc) is 2.35. The molecular weight excluding hydrogens is 301 g/mol. The third-order valence-corrected chi connectivity index (χ3v) is 2.99. The van der Waals surface area contributed by atoms with Gasteiger partial charge in [-0.05, 0) is 40.2 Å². The molecule has 5 heteroatoms. The Labute approximate surface area is 111 Å². The maximum absolute atomic E-state index is 13.4. The van der Waals surface area contributed by atoms with Crippen LogP contribution >= 0.6 is 15.9 Å². The lowest BCUT2D eigenvalue weighted by molar-refractivity contribution is 0.102. The number of amides is 1. The molecule has 0 radical (unpaired) electrons. The van der Waals surface area contributed by atoms with Crippen LogP contribution in [0.3, 0.4) is 0 Å². The summed E-state index contributed by atoms with van der Waals surface area (Å²) in [6.45, 7) is 0. The number of phenols is 1. The molecule has 0 saturated carbocycles. The molecule has 0 bridgehead atoms. The zero-order valence-corrected chi connectivity index (χ0v) is 10.7. The highest BCUT2D eigenvalue weighted by Crippen LogP contribution is 2.28. The molecule has 0 aliphatic carbocycles. The lowest BCUT2D eigenvalue weighted by atomic mass is 10.2. The molecule has 2 aromatic carbocycles. The lowest BCUT2D eigenvalue weighted by Crippen LogP contribution is -2.13. The van der Waals surface area contributed by atoms with Crippen LogP contribution in [0.1, 0.15) is 10.4 Å². The molecule has 0 saturated heterocycles. The molecule has 92 valence electrons. The van der Waals surface area contributed by atoms with Crippen molar-refractivity contribution in [1.29, 1.82) is 0 Å². The van der Waals surface area contributed by atoms with Crippen LogP contribution in [-0.4, -0.2) is 11.0 Å². The van der Waals surface area contributed by atoms with Crippen molar-refractivity contribution >= 4 is 27.5 Å². The van der Waals surface area contributed by atoms with E-state index in [1.54, 1.807) is 18.2 Å². The zero-order chi connectivity index (χ0) is 13.1. The maximum Gasteiger partial charge on any atom is 0.259 e. The Morgan fingerprint density at radius 1 is 1.17 bits per heavy atom. The topological polar surface area (TPSA) is 49.3 Å². The predicted octanol–water partition coefficient (Wildman–Crippen LogP) is 3.55. The fraction of sp³-hybridized carbons (Fsp3) is 0. The van der Waals surface area contributed by atoms with Crippen LogP contribution in [0.2, 0.25) is 0 Å². The summed E-state index contributed by atoms with van der Waals surface area (Å²) in [4.78, 5) is 11.9. The van der Waals surface area contributed by atoms with E-state index in [2.05, 4.69) is 21.2 Å². The highest BCUT2D eigenvalue weighted by atomic mass is 79.9. The molecule has 2 rings (SSSR count). The zero-order valence-electron chi connectivity index (χ0n) is 9.15. The summed E-state index contributed by atoms with van der Waals surface area (Å²) in [7, 11) is 0. The Hall–Kier alpha value is -1.88. The largest absolute Gasteiger partial charge is 0.506 e. The number of aromatic hydroxyl groups is 1. The van der Waals surface area contributed by atoms with Gasteiger partial charge in [-0.25, -0.2) is 4.39 Å². The Morgan fingerprint density at radius 3 is 2.61 bits per heavy atom. The second kappa shape index (κ2) is 5.18. The molecule has 0 spiro atoms. The Kier molecular flexibility index (Phi) is 3.62. The van der Waals surface area contributed by atoms with Crippen LogP contribution in [0.5, 0.6) is 5.75 Å². The summed E-state index contributed by atoms with van der Waals surface area (Å²) in [6, 6.07) is 10.5. The first-order valence-corrected chi connectivity index (χ1v) is 5.92. The molecule has 0 fully saturated rings. The van der Waals surface area contributed by atoms with Crippen molar-refractivity contribution < 1.29 is 14.3 Å². The first-order valence-electron chi connectivity index (χ1n) is 5.13. The number of hydrogen-bond acceptors (Lipinski definition) is 2. The van der Waals surface area contributed by atoms with Crippen molar-refractivity contribution in [2.45, 2.75) is 0 Å². The van der Waals surface area contributed by atoms with Gasteiger partial charge in [0, 0.05) is 0 Å². The minimum atomic E-state index is -0.570. The monoisotopic (exact) mass is 309 g/mol. The van der Waals surface area contributed by atoms with Crippen LogP contribution in [0.15, 0.2) is 46.9 Å². The number of halogens is 2. The first kappa shape index (κ1) is 12.6. The van der Waals surface area contributed by atoms with E-state index >= 15 is 0 Å². The Balaban J connectivity index is 2.28. The molecule has 18 heavy (non-hydrogen) atoms. The van der Waals surface area contributed by atoms with E-state index in [-0.39, 0.29) is 17.0 Å². The molecule has 2 N–H and O–H groups in total. The highest BCUT2D eigenvalue weighted by Gasteiger charge is 2.14. The third kappa shape index (κ3) is 2.51. The predicted molar refractivity (Wildman–Crippen MR) is 70.2 cm³/mol. The van der Waals surface area contributed by atoms with Gasteiger partial charge < -0.3 is 10.4 Å². The molecule has 0 aromatic heterocycles. The standard InChI is InChI=1S/C13H9BrFNO2/c14-9-5-3-4-8(12(9)17)13(18)16-11-7-2-1-6-10(11)15/h1-7,17H,(H,16,18). The second-order valence-electron chi connectivity index (χ2n) is 3.57. The Morgan fingerprint density at radius 2 is 1.89 bits per heavy atom. The van der Waals surface area contributed by atoms with Gasteiger partial charge in [-0.15, -0.1) is 0 Å². The third-order valence-electron chi connectivity index (χ3n) is 2.35. The minimum Gasteiger partial charge on any atom is -0.506 e. The Bertz CT molecular complexity index is 601. The SMILES string of the molecule is O=C(Nc1ccccc1F)c1cccc(Br)c1O. The average molecular weight is 310 g/mol. The van der Waals surface area contributed by atoms with E-state index in [1.807, 2.05) is 0 Å². The number of phenolic OH excluding ortho intramolecular Hbond substituents is 1. The summed E-state index contributed by atoms with van der Waals surface area (Å²) in [5.74, 6) is -1.27. The van der Waals surface area contributed by atoms with Gasteiger partial charge >= 0.3 is 0 Å². The molecule has 3 nitrogen and oxygen atoms in total. The fourth-order valence-electron chi connectivity index (χ4n) is 1.45. The van der Waals surface area contributed by atoms with E-state index < -0.39 is 11.7 Å². The van der Waals surface area contributed by atoms with Gasteiger partial charge in [0.05, 0.1) is 15.7 Å². The van der Waals surface area contributed by atoms with Gasteiger partial charge in [-0.1, -0.05) is 18.2 Å². The second-order valence-corrected chi connectivity index (χ2v) is 4.42. The van der Waals surface area contributed by atoms with Gasteiger partial charge in [-0.2, -0.15) is 0 Å². The number of nitrogens with one attached hydrogen (secondary N) is 1. The summed E-state index contributed by atoms with van der Waals surface area (Å²) in [5.41, 5.74) is 0.148. The number of benzene rings is 2. The number of para-hydroxylation sites is 2. The summed E-state index contributed by atoms with van der Waals surface area (Å²) < 4.78 is 13.8. The molecule has 0 aliphatic rings. The number of anilines is 1. The molecule has 1 amide bonds. The highest BCUT2D eigenvalue weighted by molar-refractivity contribution is 9.10. The summed E-state index contributed by atoms with van der Waals surface area (Å²) in [5, 5.41) is 12.1. The molecule has 0 atom stereocenters. The van der Waals surface area contributed by atoms with Crippen molar-refractivity contribution in [2.75, 3.05) is 5.32 Å². The van der Waals surface area contributed by atoms with Crippen molar-refractivity contribution in [1.82, 2.24) is 0 Å². The molecule has 0 heterocycles. The lowest BCUT2D eigenvalue weighted by Gasteiger charge is -2.08. The number of hydrogen-bond donors (Lipinski definition) is 2. The summed E-state index contributed by atoms with van der Waals surface area (Å²) in [6.07, 6.45) is 0. The van der Waals surface area contributed by atoms with Crippen LogP contribution in [-0.2, 0) is 0 Å². The maximum atomic E-state index is 13.4. The first-order chi connectivity index (χ1) is 8.59. The molecule has 2 aromatic rings.